The molecule has 1 aromatic carbocycles. The van der Waals surface area contributed by atoms with Gasteiger partial charge in [0.1, 0.15) is 0 Å². The lowest BCUT2D eigenvalue weighted by Gasteiger charge is -2.23. The molecule has 1 aliphatic rings. The van der Waals surface area contributed by atoms with Crippen molar-refractivity contribution in [2.45, 2.75) is 38.3 Å². The highest BCUT2D eigenvalue weighted by atomic mass is 14.6. The van der Waals surface area contributed by atoms with Crippen LogP contribution in [0.15, 0.2) is 18.2 Å². The van der Waals surface area contributed by atoms with E-state index in [9.17, 15) is 0 Å². The SMILES string of the molecule is C[C@H](N)c1ccc2c(c1)[C@@H](N)CCC2. The Morgan fingerprint density at radius 2 is 2.21 bits per heavy atom. The summed E-state index contributed by atoms with van der Waals surface area (Å²) in [6, 6.07) is 6.82. The lowest BCUT2D eigenvalue weighted by molar-refractivity contribution is 0.569. The lowest BCUT2D eigenvalue weighted by atomic mass is 9.86. The van der Waals surface area contributed by atoms with Gasteiger partial charge in [-0.25, -0.2) is 0 Å². The van der Waals surface area contributed by atoms with Crippen LogP contribution in [0.3, 0.4) is 0 Å². The van der Waals surface area contributed by atoms with E-state index < -0.39 is 0 Å². The molecule has 0 saturated heterocycles. The van der Waals surface area contributed by atoms with Crippen LogP contribution in [0.5, 0.6) is 0 Å². The molecule has 1 aliphatic carbocycles. The van der Waals surface area contributed by atoms with Crippen molar-refractivity contribution in [3.05, 3.63) is 34.9 Å². The van der Waals surface area contributed by atoms with Crippen molar-refractivity contribution in [2.24, 2.45) is 11.5 Å². The number of hydrogen-bond acceptors (Lipinski definition) is 2. The van der Waals surface area contributed by atoms with Gasteiger partial charge >= 0.3 is 0 Å². The average Bonchev–Trinajstić information content (AvgIpc) is 2.18. The van der Waals surface area contributed by atoms with Crippen LogP contribution in [-0.4, -0.2) is 0 Å². The zero-order valence-corrected chi connectivity index (χ0v) is 8.66. The second kappa shape index (κ2) is 3.71. The average molecular weight is 190 g/mol. The lowest BCUT2D eigenvalue weighted by Crippen LogP contribution is -2.18. The summed E-state index contributed by atoms with van der Waals surface area (Å²) in [6.45, 7) is 2.01. The smallest absolute Gasteiger partial charge is 0.0297 e. The minimum atomic E-state index is 0.106. The molecule has 1 aromatic rings. The highest BCUT2D eigenvalue weighted by Crippen LogP contribution is 2.29. The molecule has 0 spiro atoms. The number of benzene rings is 1. The Bertz CT molecular complexity index is 331. The summed E-state index contributed by atoms with van der Waals surface area (Å²) in [6.07, 6.45) is 3.49. The van der Waals surface area contributed by atoms with Crippen molar-refractivity contribution in [1.82, 2.24) is 0 Å². The quantitative estimate of drug-likeness (QED) is 0.712. The monoisotopic (exact) mass is 190 g/mol. The van der Waals surface area contributed by atoms with Crippen LogP contribution in [0.1, 0.15) is 48.5 Å². The van der Waals surface area contributed by atoms with E-state index in [0.717, 1.165) is 6.42 Å². The first-order valence-electron chi connectivity index (χ1n) is 5.32. The fourth-order valence-electron chi connectivity index (χ4n) is 2.14. The van der Waals surface area contributed by atoms with Gasteiger partial charge < -0.3 is 11.5 Å². The third kappa shape index (κ3) is 1.68. The van der Waals surface area contributed by atoms with Gasteiger partial charge in [-0.2, -0.15) is 0 Å². The Morgan fingerprint density at radius 1 is 1.43 bits per heavy atom. The summed E-state index contributed by atoms with van der Waals surface area (Å²) in [4.78, 5) is 0. The third-order valence-corrected chi connectivity index (χ3v) is 3.06. The zero-order valence-electron chi connectivity index (χ0n) is 8.66. The molecular weight excluding hydrogens is 172 g/mol. The largest absolute Gasteiger partial charge is 0.324 e. The molecule has 0 bridgehead atoms. The Kier molecular flexibility index (Phi) is 2.57. The summed E-state index contributed by atoms with van der Waals surface area (Å²) in [5, 5.41) is 0. The second-order valence-corrected chi connectivity index (χ2v) is 4.25. The predicted octanol–water partition coefficient (Wildman–Crippen LogP) is 2.04. The van der Waals surface area contributed by atoms with Gasteiger partial charge in [-0.3, -0.25) is 0 Å². The van der Waals surface area contributed by atoms with E-state index in [4.69, 9.17) is 11.5 Å². The second-order valence-electron chi connectivity index (χ2n) is 4.25. The number of aryl methyl sites for hydroxylation is 1. The molecule has 2 heteroatoms. The van der Waals surface area contributed by atoms with Gasteiger partial charge in [0.15, 0.2) is 0 Å². The molecule has 76 valence electrons. The van der Waals surface area contributed by atoms with E-state index in [1.54, 1.807) is 0 Å². The molecule has 0 amide bonds. The van der Waals surface area contributed by atoms with E-state index in [2.05, 4.69) is 18.2 Å². The van der Waals surface area contributed by atoms with E-state index in [0.29, 0.717) is 0 Å². The van der Waals surface area contributed by atoms with E-state index >= 15 is 0 Å². The van der Waals surface area contributed by atoms with Gasteiger partial charge in [0.25, 0.3) is 0 Å². The summed E-state index contributed by atoms with van der Waals surface area (Å²) in [5.41, 5.74) is 15.8. The Hall–Kier alpha value is -0.860. The van der Waals surface area contributed by atoms with Crippen molar-refractivity contribution in [2.75, 3.05) is 0 Å². The molecule has 14 heavy (non-hydrogen) atoms. The molecule has 0 unspecified atom stereocenters. The minimum Gasteiger partial charge on any atom is -0.324 e. The van der Waals surface area contributed by atoms with Crippen LogP contribution < -0.4 is 11.5 Å². The molecule has 0 heterocycles. The zero-order chi connectivity index (χ0) is 10.1. The Morgan fingerprint density at radius 3 is 2.93 bits per heavy atom. The highest BCUT2D eigenvalue weighted by Gasteiger charge is 2.17. The Balaban J connectivity index is 2.41. The molecule has 0 aliphatic heterocycles. The molecule has 4 N–H and O–H groups in total. The minimum absolute atomic E-state index is 0.106. The topological polar surface area (TPSA) is 52.0 Å². The van der Waals surface area contributed by atoms with Crippen molar-refractivity contribution < 1.29 is 0 Å². The maximum absolute atomic E-state index is 6.07. The van der Waals surface area contributed by atoms with Gasteiger partial charge in [0.05, 0.1) is 0 Å². The predicted molar refractivity (Wildman–Crippen MR) is 58.9 cm³/mol. The van der Waals surface area contributed by atoms with Crippen molar-refractivity contribution in [3.63, 3.8) is 0 Å². The molecule has 2 atom stereocenters. The van der Waals surface area contributed by atoms with E-state index in [-0.39, 0.29) is 12.1 Å². The fraction of sp³-hybridized carbons (Fsp3) is 0.500. The van der Waals surface area contributed by atoms with Crippen LogP contribution in [-0.2, 0) is 6.42 Å². The highest BCUT2D eigenvalue weighted by molar-refractivity contribution is 5.37. The van der Waals surface area contributed by atoms with Crippen LogP contribution in [0, 0.1) is 0 Å². The molecule has 2 nitrogen and oxygen atoms in total. The molecule has 0 saturated carbocycles. The number of nitrogens with two attached hydrogens (primary N) is 2. The summed E-state index contributed by atoms with van der Waals surface area (Å²) in [5.74, 6) is 0. The first-order chi connectivity index (χ1) is 6.68. The first kappa shape index (κ1) is 9.69. The number of rotatable bonds is 1. The maximum atomic E-state index is 6.07. The molecule has 2 rings (SSSR count). The van der Waals surface area contributed by atoms with Crippen LogP contribution in [0.25, 0.3) is 0 Å². The van der Waals surface area contributed by atoms with E-state index in [1.807, 2.05) is 6.92 Å². The van der Waals surface area contributed by atoms with Gasteiger partial charge in [0.2, 0.25) is 0 Å². The molecule has 0 radical (unpaired) electrons. The van der Waals surface area contributed by atoms with Crippen LogP contribution in [0.4, 0.5) is 0 Å². The normalized spacial score (nSPS) is 22.9. The Labute approximate surface area is 85.3 Å². The van der Waals surface area contributed by atoms with Gasteiger partial charge in [-0.15, -0.1) is 0 Å². The number of fused-ring (bicyclic) bond motifs is 1. The van der Waals surface area contributed by atoms with Crippen LogP contribution in [0.2, 0.25) is 0 Å². The van der Waals surface area contributed by atoms with Gasteiger partial charge in [0, 0.05) is 12.1 Å². The molecule has 0 fully saturated rings. The number of hydrogen-bond donors (Lipinski definition) is 2. The first-order valence-corrected chi connectivity index (χ1v) is 5.32. The molecule has 0 aromatic heterocycles. The summed E-state index contributed by atoms with van der Waals surface area (Å²) in [7, 11) is 0. The van der Waals surface area contributed by atoms with Crippen molar-refractivity contribution in [1.29, 1.82) is 0 Å². The summed E-state index contributed by atoms with van der Waals surface area (Å²) >= 11 is 0. The summed E-state index contributed by atoms with van der Waals surface area (Å²) < 4.78 is 0. The maximum Gasteiger partial charge on any atom is 0.0297 e. The van der Waals surface area contributed by atoms with Crippen LogP contribution >= 0.6 is 0 Å². The van der Waals surface area contributed by atoms with Crippen molar-refractivity contribution >= 4 is 0 Å². The van der Waals surface area contributed by atoms with Gasteiger partial charge in [-0.1, -0.05) is 18.2 Å². The van der Waals surface area contributed by atoms with Gasteiger partial charge in [-0.05, 0) is 42.9 Å². The fourth-order valence-corrected chi connectivity index (χ4v) is 2.14. The van der Waals surface area contributed by atoms with Crippen molar-refractivity contribution in [3.8, 4) is 0 Å². The third-order valence-electron chi connectivity index (χ3n) is 3.06. The molecular formula is C12H18N2. The standard InChI is InChI=1S/C12H18N2/c1-8(13)10-6-5-9-3-2-4-12(14)11(9)7-10/h5-8,12H,2-4,13-14H2,1H3/t8-,12-/m0/s1. The van der Waals surface area contributed by atoms with E-state index in [1.165, 1.54) is 29.5 Å².